The first-order valence-electron chi connectivity index (χ1n) is 11.0. The Hall–Kier alpha value is -3.45. The van der Waals surface area contributed by atoms with Gasteiger partial charge < -0.3 is 15.1 Å². The maximum absolute atomic E-state index is 12.8. The number of hydrogen-bond acceptors (Lipinski definition) is 4. The average Bonchev–Trinajstić information content (AvgIpc) is 2.84. The van der Waals surface area contributed by atoms with Gasteiger partial charge in [0.15, 0.2) is 0 Å². The average molecular weight is 483 g/mol. The molecule has 0 atom stereocenters. The summed E-state index contributed by atoms with van der Waals surface area (Å²) < 4.78 is 38.4. The summed E-state index contributed by atoms with van der Waals surface area (Å²) >= 11 is 6.08. The second-order valence-corrected chi connectivity index (χ2v) is 8.65. The Labute approximate surface area is 200 Å². The number of halogens is 4. The number of benzene rings is 3. The van der Waals surface area contributed by atoms with Crippen molar-refractivity contribution in [2.45, 2.75) is 6.18 Å². The summed E-state index contributed by atoms with van der Waals surface area (Å²) in [6.07, 6.45) is -2.55. The van der Waals surface area contributed by atoms with Crippen LogP contribution in [-0.2, 0) is 6.18 Å². The van der Waals surface area contributed by atoms with E-state index in [4.69, 9.17) is 11.6 Å². The molecule has 34 heavy (non-hydrogen) atoms. The predicted octanol–water partition coefficient (Wildman–Crippen LogP) is 6.98. The largest absolute Gasteiger partial charge is 0.416 e. The number of nitrogens with one attached hydrogen (secondary N) is 1. The lowest BCUT2D eigenvalue weighted by Crippen LogP contribution is -2.46. The minimum absolute atomic E-state index is 0.618. The number of anilines is 4. The summed E-state index contributed by atoms with van der Waals surface area (Å²) in [5.41, 5.74) is 4.07. The molecule has 0 bridgehead atoms. The Bertz CT molecular complexity index is 1280. The normalized spacial score (nSPS) is 14.5. The van der Waals surface area contributed by atoms with Gasteiger partial charge >= 0.3 is 6.18 Å². The summed E-state index contributed by atoms with van der Waals surface area (Å²) in [5.74, 6) is 0. The third-order valence-corrected chi connectivity index (χ3v) is 6.29. The number of hydrogen-bond donors (Lipinski definition) is 1. The fourth-order valence-electron chi connectivity index (χ4n) is 4.23. The number of piperazine rings is 1. The van der Waals surface area contributed by atoms with E-state index in [1.807, 2.05) is 36.4 Å². The lowest BCUT2D eigenvalue weighted by atomic mass is 10.1. The Balaban J connectivity index is 1.22. The maximum Gasteiger partial charge on any atom is 0.416 e. The molecule has 174 valence electrons. The van der Waals surface area contributed by atoms with Gasteiger partial charge in [0.05, 0.1) is 11.1 Å². The number of rotatable bonds is 4. The molecule has 4 aromatic rings. The van der Waals surface area contributed by atoms with Crippen molar-refractivity contribution in [3.8, 4) is 0 Å². The van der Waals surface area contributed by atoms with Gasteiger partial charge in [-0.1, -0.05) is 11.6 Å². The van der Waals surface area contributed by atoms with Crippen LogP contribution in [0.2, 0.25) is 5.02 Å². The van der Waals surface area contributed by atoms with E-state index in [-0.39, 0.29) is 0 Å². The third-order valence-electron chi connectivity index (χ3n) is 6.06. The van der Waals surface area contributed by atoms with Crippen molar-refractivity contribution in [3.63, 3.8) is 0 Å². The van der Waals surface area contributed by atoms with Crippen LogP contribution < -0.4 is 15.1 Å². The molecule has 4 nitrogen and oxygen atoms in total. The Morgan fingerprint density at radius 2 is 1.35 bits per heavy atom. The van der Waals surface area contributed by atoms with Crippen molar-refractivity contribution in [2.24, 2.45) is 0 Å². The van der Waals surface area contributed by atoms with Gasteiger partial charge in [-0.2, -0.15) is 13.2 Å². The highest BCUT2D eigenvalue weighted by Crippen LogP contribution is 2.31. The summed E-state index contributed by atoms with van der Waals surface area (Å²) in [4.78, 5) is 8.78. The van der Waals surface area contributed by atoms with E-state index in [9.17, 15) is 13.2 Å². The highest BCUT2D eigenvalue weighted by molar-refractivity contribution is 6.31. The zero-order chi connectivity index (χ0) is 23.7. The number of nitrogens with zero attached hydrogens (tertiary/aromatic N) is 3. The molecule has 1 aromatic heterocycles. The molecule has 0 aliphatic carbocycles. The molecule has 8 heteroatoms. The molecule has 0 radical (unpaired) electrons. The molecule has 0 saturated carbocycles. The van der Waals surface area contributed by atoms with Gasteiger partial charge in [-0.15, -0.1) is 0 Å². The zero-order valence-corrected chi connectivity index (χ0v) is 18.9. The van der Waals surface area contributed by atoms with Gasteiger partial charge in [0.2, 0.25) is 0 Å². The first kappa shape index (κ1) is 22.3. The van der Waals surface area contributed by atoms with Crippen LogP contribution in [-0.4, -0.2) is 31.2 Å². The quantitative estimate of drug-likeness (QED) is 0.340. The minimum Gasteiger partial charge on any atom is -0.368 e. The standard InChI is InChI=1S/C26H22ClF3N4/c27-19-3-10-23-24(11-12-31-25(23)17-19)32-20-4-8-22(9-5-20)34-15-13-33(14-16-34)21-6-1-18(2-7-21)26(28,29)30/h1-12,17H,13-16H2,(H,31,32). The number of fused-ring (bicyclic) bond motifs is 1. The van der Waals surface area contributed by atoms with Gasteiger partial charge in [0, 0.05) is 65.5 Å². The fraction of sp³-hybridized carbons (Fsp3) is 0.192. The highest BCUT2D eigenvalue weighted by Gasteiger charge is 2.30. The molecule has 2 heterocycles. The number of aromatic nitrogens is 1. The molecule has 1 fully saturated rings. The summed E-state index contributed by atoms with van der Waals surface area (Å²) in [6.45, 7) is 3.08. The van der Waals surface area contributed by atoms with Crippen LogP contribution in [0.3, 0.4) is 0 Å². The van der Waals surface area contributed by atoms with Crippen LogP contribution in [0, 0.1) is 0 Å². The van der Waals surface area contributed by atoms with Crippen molar-refractivity contribution in [1.29, 1.82) is 0 Å². The predicted molar refractivity (Wildman–Crippen MR) is 132 cm³/mol. The van der Waals surface area contributed by atoms with E-state index in [0.29, 0.717) is 5.02 Å². The van der Waals surface area contributed by atoms with E-state index in [0.717, 1.165) is 72.0 Å². The lowest BCUT2D eigenvalue weighted by molar-refractivity contribution is -0.137. The van der Waals surface area contributed by atoms with E-state index >= 15 is 0 Å². The molecular formula is C26H22ClF3N4. The van der Waals surface area contributed by atoms with E-state index in [1.54, 1.807) is 18.3 Å². The van der Waals surface area contributed by atoms with E-state index < -0.39 is 11.7 Å². The van der Waals surface area contributed by atoms with Gasteiger partial charge in [-0.05, 0) is 72.8 Å². The van der Waals surface area contributed by atoms with Crippen molar-refractivity contribution < 1.29 is 13.2 Å². The molecule has 1 aliphatic heterocycles. The highest BCUT2D eigenvalue weighted by atomic mass is 35.5. The van der Waals surface area contributed by atoms with Crippen LogP contribution in [0.4, 0.5) is 35.9 Å². The molecule has 0 unspecified atom stereocenters. The van der Waals surface area contributed by atoms with Crippen LogP contribution >= 0.6 is 11.6 Å². The molecule has 0 amide bonds. The smallest absolute Gasteiger partial charge is 0.368 e. The van der Waals surface area contributed by atoms with Crippen molar-refractivity contribution >= 4 is 45.3 Å². The molecule has 1 saturated heterocycles. The topological polar surface area (TPSA) is 31.4 Å². The Morgan fingerprint density at radius 3 is 1.94 bits per heavy atom. The molecule has 1 N–H and O–H groups in total. The second kappa shape index (κ2) is 9.06. The van der Waals surface area contributed by atoms with Gasteiger partial charge in [-0.3, -0.25) is 4.98 Å². The summed E-state index contributed by atoms with van der Waals surface area (Å²) in [7, 11) is 0. The molecule has 3 aromatic carbocycles. The van der Waals surface area contributed by atoms with E-state index in [1.165, 1.54) is 0 Å². The monoisotopic (exact) mass is 482 g/mol. The van der Waals surface area contributed by atoms with Crippen LogP contribution in [0.25, 0.3) is 10.9 Å². The molecule has 5 rings (SSSR count). The van der Waals surface area contributed by atoms with Crippen molar-refractivity contribution in [2.75, 3.05) is 41.3 Å². The van der Waals surface area contributed by atoms with Crippen LogP contribution in [0.1, 0.15) is 5.56 Å². The fourth-order valence-corrected chi connectivity index (χ4v) is 4.39. The van der Waals surface area contributed by atoms with Crippen LogP contribution in [0.5, 0.6) is 0 Å². The third kappa shape index (κ3) is 4.75. The molecule has 0 spiro atoms. The zero-order valence-electron chi connectivity index (χ0n) is 18.2. The lowest BCUT2D eigenvalue weighted by Gasteiger charge is -2.37. The number of pyridine rings is 1. The van der Waals surface area contributed by atoms with E-state index in [2.05, 4.69) is 32.2 Å². The SMILES string of the molecule is FC(F)(F)c1ccc(N2CCN(c3ccc(Nc4ccnc5cc(Cl)ccc45)cc3)CC2)cc1. The van der Waals surface area contributed by atoms with Gasteiger partial charge in [0.1, 0.15) is 0 Å². The van der Waals surface area contributed by atoms with Crippen LogP contribution in [0.15, 0.2) is 79.0 Å². The molecule has 1 aliphatic rings. The second-order valence-electron chi connectivity index (χ2n) is 8.21. The Morgan fingerprint density at radius 1 is 0.765 bits per heavy atom. The van der Waals surface area contributed by atoms with Crippen molar-refractivity contribution in [1.82, 2.24) is 4.98 Å². The van der Waals surface area contributed by atoms with Gasteiger partial charge in [-0.25, -0.2) is 0 Å². The molecular weight excluding hydrogens is 461 g/mol. The summed E-state index contributed by atoms with van der Waals surface area (Å²) in [6, 6.07) is 21.2. The maximum atomic E-state index is 12.8. The first-order valence-corrected chi connectivity index (χ1v) is 11.3. The van der Waals surface area contributed by atoms with Gasteiger partial charge in [0.25, 0.3) is 0 Å². The summed E-state index contributed by atoms with van der Waals surface area (Å²) in [5, 5.41) is 5.10. The number of alkyl halides is 3. The first-order chi connectivity index (χ1) is 16.4. The van der Waals surface area contributed by atoms with Crippen molar-refractivity contribution in [3.05, 3.63) is 89.6 Å². The Kier molecular flexibility index (Phi) is 5.96. The minimum atomic E-state index is -4.31.